The molecular weight excluding hydrogens is 300 g/mol. The van der Waals surface area contributed by atoms with Gasteiger partial charge < -0.3 is 10.6 Å². The van der Waals surface area contributed by atoms with Crippen molar-refractivity contribution in [2.75, 3.05) is 11.9 Å². The Kier molecular flexibility index (Phi) is 6.70. The lowest BCUT2D eigenvalue weighted by atomic mass is 9.97. The smallest absolute Gasteiger partial charge is 0.242 e. The van der Waals surface area contributed by atoms with Crippen LogP contribution in [0.2, 0.25) is 0 Å². The molecule has 6 heteroatoms. The van der Waals surface area contributed by atoms with Gasteiger partial charge in [-0.15, -0.1) is 12.4 Å². The quantitative estimate of drug-likeness (QED) is 0.746. The van der Waals surface area contributed by atoms with E-state index in [0.717, 1.165) is 25.8 Å². The second-order valence-electron chi connectivity index (χ2n) is 6.39. The first kappa shape index (κ1) is 17.3. The predicted octanol–water partition coefficient (Wildman–Crippen LogP) is 3.35. The lowest BCUT2D eigenvalue weighted by Gasteiger charge is -2.21. The van der Waals surface area contributed by atoms with Crippen molar-refractivity contribution in [1.29, 1.82) is 0 Å². The number of carbonyl (C=O) groups is 1. The summed E-state index contributed by atoms with van der Waals surface area (Å²) in [7, 11) is 0. The molecule has 1 saturated carbocycles. The highest BCUT2D eigenvalue weighted by Crippen LogP contribution is 2.31. The topological polar surface area (TPSA) is 69.8 Å². The third-order valence-electron chi connectivity index (χ3n) is 4.77. The maximum atomic E-state index is 12.2. The fourth-order valence-electron chi connectivity index (χ4n) is 3.49. The number of hydrogen-bond acceptors (Lipinski definition) is 3. The normalized spacial score (nSPS) is 23.4. The third kappa shape index (κ3) is 4.46. The maximum Gasteiger partial charge on any atom is 0.242 e. The lowest BCUT2D eigenvalue weighted by Crippen LogP contribution is -2.43. The molecule has 0 aromatic carbocycles. The van der Waals surface area contributed by atoms with Crippen LogP contribution in [0.15, 0.2) is 6.07 Å². The van der Waals surface area contributed by atoms with E-state index in [-0.39, 0.29) is 24.4 Å². The summed E-state index contributed by atoms with van der Waals surface area (Å²) < 4.78 is 0. The highest BCUT2D eigenvalue weighted by Gasteiger charge is 2.22. The van der Waals surface area contributed by atoms with Gasteiger partial charge in [0.1, 0.15) is 0 Å². The van der Waals surface area contributed by atoms with Crippen LogP contribution in [0.25, 0.3) is 0 Å². The Morgan fingerprint density at radius 1 is 1.09 bits per heavy atom. The van der Waals surface area contributed by atoms with E-state index in [0.29, 0.717) is 11.7 Å². The van der Waals surface area contributed by atoms with Gasteiger partial charge in [0.05, 0.1) is 6.04 Å². The first-order valence-corrected chi connectivity index (χ1v) is 8.42. The lowest BCUT2D eigenvalue weighted by molar-refractivity contribution is -0.118. The third-order valence-corrected chi connectivity index (χ3v) is 4.77. The fraction of sp³-hybridized carbons (Fsp3) is 0.750. The highest BCUT2D eigenvalue weighted by atomic mass is 35.5. The number of amides is 1. The Labute approximate surface area is 138 Å². The SMILES string of the molecule is Cl.O=C(Nc1cc(C2CCCCCC2)[nH]n1)C1CCCCN1. The second-order valence-corrected chi connectivity index (χ2v) is 6.39. The summed E-state index contributed by atoms with van der Waals surface area (Å²) in [6.07, 6.45) is 11.0. The minimum Gasteiger partial charge on any atom is -0.308 e. The van der Waals surface area contributed by atoms with Gasteiger partial charge in [0.2, 0.25) is 5.91 Å². The Morgan fingerprint density at radius 2 is 1.82 bits per heavy atom. The zero-order valence-corrected chi connectivity index (χ0v) is 13.9. The van der Waals surface area contributed by atoms with Crippen LogP contribution in [0.5, 0.6) is 0 Å². The molecule has 3 rings (SSSR count). The molecule has 0 radical (unpaired) electrons. The van der Waals surface area contributed by atoms with Crippen molar-refractivity contribution < 1.29 is 4.79 Å². The molecule has 124 valence electrons. The molecule has 1 aliphatic heterocycles. The van der Waals surface area contributed by atoms with E-state index in [1.54, 1.807) is 0 Å². The van der Waals surface area contributed by atoms with Crippen LogP contribution in [0.1, 0.15) is 69.4 Å². The molecule has 22 heavy (non-hydrogen) atoms. The van der Waals surface area contributed by atoms with Crippen molar-refractivity contribution >= 4 is 24.1 Å². The van der Waals surface area contributed by atoms with E-state index in [2.05, 4.69) is 20.8 Å². The van der Waals surface area contributed by atoms with Crippen molar-refractivity contribution in [3.05, 3.63) is 11.8 Å². The Balaban J connectivity index is 0.00000176. The molecule has 1 saturated heterocycles. The Morgan fingerprint density at radius 3 is 2.50 bits per heavy atom. The van der Waals surface area contributed by atoms with Crippen LogP contribution in [-0.4, -0.2) is 28.7 Å². The van der Waals surface area contributed by atoms with E-state index in [4.69, 9.17) is 0 Å². The average molecular weight is 327 g/mol. The number of halogens is 1. The van der Waals surface area contributed by atoms with Crippen LogP contribution in [0.4, 0.5) is 5.82 Å². The monoisotopic (exact) mass is 326 g/mol. The van der Waals surface area contributed by atoms with Crippen LogP contribution in [0, 0.1) is 0 Å². The molecule has 2 heterocycles. The number of nitrogens with zero attached hydrogens (tertiary/aromatic N) is 1. The van der Waals surface area contributed by atoms with Gasteiger partial charge in [-0.1, -0.05) is 32.1 Å². The number of aromatic amines is 1. The van der Waals surface area contributed by atoms with Gasteiger partial charge in [-0.05, 0) is 32.2 Å². The molecule has 1 aromatic heterocycles. The van der Waals surface area contributed by atoms with Gasteiger partial charge in [-0.3, -0.25) is 9.89 Å². The number of aromatic nitrogens is 2. The second kappa shape index (κ2) is 8.53. The minimum absolute atomic E-state index is 0. The molecule has 5 nitrogen and oxygen atoms in total. The molecule has 0 bridgehead atoms. The molecule has 1 atom stereocenters. The van der Waals surface area contributed by atoms with Gasteiger partial charge in [0.15, 0.2) is 5.82 Å². The van der Waals surface area contributed by atoms with Crippen molar-refractivity contribution in [2.24, 2.45) is 0 Å². The van der Waals surface area contributed by atoms with E-state index >= 15 is 0 Å². The summed E-state index contributed by atoms with van der Waals surface area (Å²) in [6.45, 7) is 0.936. The van der Waals surface area contributed by atoms with Crippen molar-refractivity contribution in [3.63, 3.8) is 0 Å². The number of anilines is 1. The van der Waals surface area contributed by atoms with Gasteiger partial charge in [0.25, 0.3) is 0 Å². The standard InChI is InChI=1S/C16H26N4O.ClH/c21-16(13-9-5-6-10-17-13)18-15-11-14(19-20-15)12-7-3-1-2-4-8-12;/h11-13,17H,1-10H2,(H2,18,19,20,21);1H. The average Bonchev–Trinajstić information content (AvgIpc) is 2.81. The number of hydrogen-bond donors (Lipinski definition) is 3. The van der Waals surface area contributed by atoms with E-state index < -0.39 is 0 Å². The maximum absolute atomic E-state index is 12.2. The number of nitrogens with one attached hydrogen (secondary N) is 3. The van der Waals surface area contributed by atoms with E-state index in [1.807, 2.05) is 6.07 Å². The molecule has 2 aliphatic rings. The fourth-order valence-corrected chi connectivity index (χ4v) is 3.49. The first-order valence-electron chi connectivity index (χ1n) is 8.42. The molecular formula is C16H27ClN4O. The zero-order chi connectivity index (χ0) is 14.5. The molecule has 1 amide bonds. The number of rotatable bonds is 3. The summed E-state index contributed by atoms with van der Waals surface area (Å²) >= 11 is 0. The van der Waals surface area contributed by atoms with Crippen LogP contribution in [-0.2, 0) is 4.79 Å². The highest BCUT2D eigenvalue weighted by molar-refractivity contribution is 5.94. The van der Waals surface area contributed by atoms with Crippen LogP contribution < -0.4 is 10.6 Å². The molecule has 3 N–H and O–H groups in total. The molecule has 1 aromatic rings. The van der Waals surface area contributed by atoms with Gasteiger partial charge >= 0.3 is 0 Å². The van der Waals surface area contributed by atoms with Crippen LogP contribution in [0.3, 0.4) is 0 Å². The summed E-state index contributed by atoms with van der Waals surface area (Å²) in [6, 6.07) is 1.97. The molecule has 1 aliphatic carbocycles. The van der Waals surface area contributed by atoms with Crippen molar-refractivity contribution in [1.82, 2.24) is 15.5 Å². The van der Waals surface area contributed by atoms with E-state index in [1.165, 1.54) is 44.2 Å². The predicted molar refractivity (Wildman–Crippen MR) is 90.6 cm³/mol. The summed E-state index contributed by atoms with van der Waals surface area (Å²) in [4.78, 5) is 12.2. The van der Waals surface area contributed by atoms with Crippen LogP contribution >= 0.6 is 12.4 Å². The minimum atomic E-state index is -0.0585. The largest absolute Gasteiger partial charge is 0.308 e. The summed E-state index contributed by atoms with van der Waals surface area (Å²) in [5, 5.41) is 13.6. The Bertz CT molecular complexity index is 462. The number of H-pyrrole nitrogens is 1. The number of piperidine rings is 1. The van der Waals surface area contributed by atoms with Gasteiger partial charge in [-0.2, -0.15) is 5.10 Å². The molecule has 0 spiro atoms. The first-order chi connectivity index (χ1) is 10.3. The summed E-state index contributed by atoms with van der Waals surface area (Å²) in [5.41, 5.74) is 1.18. The van der Waals surface area contributed by atoms with Gasteiger partial charge in [0, 0.05) is 17.7 Å². The van der Waals surface area contributed by atoms with E-state index in [9.17, 15) is 4.79 Å². The molecule has 1 unspecified atom stereocenters. The van der Waals surface area contributed by atoms with Crippen molar-refractivity contribution in [3.8, 4) is 0 Å². The number of carbonyl (C=O) groups excluding carboxylic acids is 1. The summed E-state index contributed by atoms with van der Waals surface area (Å²) in [5.74, 6) is 1.30. The molecule has 2 fully saturated rings. The Hall–Kier alpha value is -1.07. The zero-order valence-electron chi connectivity index (χ0n) is 13.1. The van der Waals surface area contributed by atoms with Crippen molar-refractivity contribution in [2.45, 2.75) is 69.7 Å². The van der Waals surface area contributed by atoms with Gasteiger partial charge in [-0.25, -0.2) is 0 Å².